The van der Waals surface area contributed by atoms with E-state index in [-0.39, 0.29) is 5.91 Å². The van der Waals surface area contributed by atoms with E-state index in [2.05, 4.69) is 10.3 Å². The molecule has 1 aromatic carbocycles. The van der Waals surface area contributed by atoms with Crippen LogP contribution in [-0.2, 0) is 12.6 Å². The minimum atomic E-state index is -4.32. The van der Waals surface area contributed by atoms with Gasteiger partial charge in [-0.25, -0.2) is 4.98 Å². The van der Waals surface area contributed by atoms with Gasteiger partial charge < -0.3 is 5.32 Å². The highest BCUT2D eigenvalue weighted by molar-refractivity contribution is 7.99. The molecule has 0 radical (unpaired) electrons. The highest BCUT2D eigenvalue weighted by atomic mass is 32.2. The fourth-order valence-corrected chi connectivity index (χ4v) is 5.91. The summed E-state index contributed by atoms with van der Waals surface area (Å²) in [7, 11) is 0. The third kappa shape index (κ3) is 5.62. The van der Waals surface area contributed by atoms with Gasteiger partial charge in [0.15, 0.2) is 0 Å². The number of thioether (sulfide) groups is 1. The Bertz CT molecular complexity index is 918. The van der Waals surface area contributed by atoms with Gasteiger partial charge in [-0.3, -0.25) is 4.79 Å². The molecule has 31 heavy (non-hydrogen) atoms. The Morgan fingerprint density at radius 3 is 2.77 bits per heavy atom. The molecule has 2 aliphatic carbocycles. The number of carbonyl (C=O) groups excluding carboxylic acids is 1. The SMILES string of the molecule is O=C(NCC1CC2CCC1C2)c1cccnc1SCCCc1cccc(C(F)(F)F)c1. The monoisotopic (exact) mass is 448 g/mol. The number of nitrogens with zero attached hydrogens (tertiary/aromatic N) is 1. The molecule has 3 atom stereocenters. The van der Waals surface area contributed by atoms with Crippen molar-refractivity contribution in [3.63, 3.8) is 0 Å². The van der Waals surface area contributed by atoms with Gasteiger partial charge in [0.25, 0.3) is 5.91 Å². The van der Waals surface area contributed by atoms with E-state index in [4.69, 9.17) is 0 Å². The lowest BCUT2D eigenvalue weighted by atomic mass is 9.89. The lowest BCUT2D eigenvalue weighted by molar-refractivity contribution is -0.137. The van der Waals surface area contributed by atoms with Crippen LogP contribution in [0, 0.1) is 17.8 Å². The van der Waals surface area contributed by atoms with Crippen LogP contribution in [0.3, 0.4) is 0 Å². The number of rotatable bonds is 8. The fourth-order valence-electron chi connectivity index (χ4n) is 4.97. The molecule has 2 saturated carbocycles. The summed E-state index contributed by atoms with van der Waals surface area (Å²) in [5.41, 5.74) is 0.631. The predicted molar refractivity (Wildman–Crippen MR) is 116 cm³/mol. The van der Waals surface area contributed by atoms with Crippen molar-refractivity contribution in [2.45, 2.75) is 49.7 Å². The first-order chi connectivity index (χ1) is 14.9. The Balaban J connectivity index is 1.27. The average molecular weight is 449 g/mol. The normalized spacial score (nSPS) is 22.6. The minimum Gasteiger partial charge on any atom is -0.352 e. The van der Waals surface area contributed by atoms with Crippen LogP contribution in [0.25, 0.3) is 0 Å². The summed E-state index contributed by atoms with van der Waals surface area (Å²) >= 11 is 1.48. The number of fused-ring (bicyclic) bond motifs is 2. The maximum atomic E-state index is 12.9. The standard InChI is InChI=1S/C24H27F3N2OS/c25-24(26,27)20-6-1-4-16(14-20)5-3-11-31-23-21(7-2-10-28-23)22(30)29-15-19-13-17-8-9-18(19)12-17/h1-2,4,6-7,10,14,17-19H,3,5,8-9,11-13,15H2,(H,29,30). The van der Waals surface area contributed by atoms with E-state index in [0.29, 0.717) is 40.7 Å². The van der Waals surface area contributed by atoms with Crippen molar-refractivity contribution < 1.29 is 18.0 Å². The predicted octanol–water partition coefficient (Wildman–Crippen LogP) is 5.99. The number of nitrogens with one attached hydrogen (secondary N) is 1. The Morgan fingerprint density at radius 2 is 2.03 bits per heavy atom. The van der Waals surface area contributed by atoms with E-state index in [0.717, 1.165) is 24.4 Å². The fraction of sp³-hybridized carbons (Fsp3) is 0.500. The summed E-state index contributed by atoms with van der Waals surface area (Å²) < 4.78 is 38.6. The van der Waals surface area contributed by atoms with Crippen molar-refractivity contribution in [1.82, 2.24) is 10.3 Å². The highest BCUT2D eigenvalue weighted by Crippen LogP contribution is 2.48. The third-order valence-corrected chi connectivity index (χ3v) is 7.62. The molecule has 0 aliphatic heterocycles. The van der Waals surface area contributed by atoms with Crippen molar-refractivity contribution in [2.24, 2.45) is 17.8 Å². The van der Waals surface area contributed by atoms with Crippen molar-refractivity contribution in [3.05, 3.63) is 59.3 Å². The molecule has 2 fully saturated rings. The number of aromatic nitrogens is 1. The Hall–Kier alpha value is -2.02. The Kier molecular flexibility index (Phi) is 6.89. The number of hydrogen-bond donors (Lipinski definition) is 1. The molecule has 166 valence electrons. The number of pyridine rings is 1. The average Bonchev–Trinajstić information content (AvgIpc) is 3.38. The summed E-state index contributed by atoms with van der Waals surface area (Å²) in [6.45, 7) is 0.731. The van der Waals surface area contributed by atoms with Crippen LogP contribution in [0.5, 0.6) is 0 Å². The molecule has 7 heteroatoms. The van der Waals surface area contributed by atoms with Gasteiger partial charge in [-0.05, 0) is 79.4 Å². The molecule has 3 nitrogen and oxygen atoms in total. The summed E-state index contributed by atoms with van der Waals surface area (Å²) in [5.74, 6) is 2.82. The van der Waals surface area contributed by atoms with E-state index < -0.39 is 11.7 Å². The zero-order valence-corrected chi connectivity index (χ0v) is 18.1. The van der Waals surface area contributed by atoms with Crippen LogP contribution in [0.1, 0.15) is 53.6 Å². The second-order valence-corrected chi connectivity index (χ2v) is 9.73. The minimum absolute atomic E-state index is 0.0868. The van der Waals surface area contributed by atoms with Gasteiger partial charge in [-0.2, -0.15) is 13.2 Å². The van der Waals surface area contributed by atoms with Crippen LogP contribution in [0.15, 0.2) is 47.6 Å². The number of amides is 1. The van der Waals surface area contributed by atoms with Crippen LogP contribution in [0.2, 0.25) is 0 Å². The first-order valence-electron chi connectivity index (χ1n) is 10.9. The molecule has 2 bridgehead atoms. The van der Waals surface area contributed by atoms with Gasteiger partial charge >= 0.3 is 6.18 Å². The topological polar surface area (TPSA) is 42.0 Å². The Morgan fingerprint density at radius 1 is 1.16 bits per heavy atom. The molecule has 1 aromatic heterocycles. The first-order valence-corrected chi connectivity index (χ1v) is 11.9. The lowest BCUT2D eigenvalue weighted by Gasteiger charge is -2.22. The summed E-state index contributed by atoms with van der Waals surface area (Å²) in [4.78, 5) is 17.1. The molecule has 1 amide bonds. The second kappa shape index (κ2) is 9.63. The van der Waals surface area contributed by atoms with Gasteiger partial charge in [-0.1, -0.05) is 24.6 Å². The van der Waals surface area contributed by atoms with Gasteiger partial charge in [0.2, 0.25) is 0 Å². The molecular formula is C24H27F3N2OS. The van der Waals surface area contributed by atoms with E-state index >= 15 is 0 Å². The molecule has 1 N–H and O–H groups in total. The van der Waals surface area contributed by atoms with Crippen molar-refractivity contribution >= 4 is 17.7 Å². The van der Waals surface area contributed by atoms with Crippen LogP contribution in [0.4, 0.5) is 13.2 Å². The van der Waals surface area contributed by atoms with E-state index in [9.17, 15) is 18.0 Å². The van der Waals surface area contributed by atoms with Gasteiger partial charge in [0, 0.05) is 12.7 Å². The first kappa shape index (κ1) is 22.2. The third-order valence-electron chi connectivity index (χ3n) is 6.53. The molecule has 4 rings (SSSR count). The number of hydrogen-bond acceptors (Lipinski definition) is 3. The van der Waals surface area contributed by atoms with Crippen molar-refractivity contribution in [2.75, 3.05) is 12.3 Å². The molecule has 0 saturated heterocycles. The van der Waals surface area contributed by atoms with Crippen molar-refractivity contribution in [1.29, 1.82) is 0 Å². The van der Waals surface area contributed by atoms with Crippen molar-refractivity contribution in [3.8, 4) is 0 Å². The van der Waals surface area contributed by atoms with Crippen LogP contribution >= 0.6 is 11.8 Å². The summed E-state index contributed by atoms with van der Waals surface area (Å²) in [6.07, 6.45) is 3.80. The van der Waals surface area contributed by atoms with Gasteiger partial charge in [0.05, 0.1) is 11.1 Å². The molecular weight excluding hydrogens is 421 g/mol. The summed E-state index contributed by atoms with van der Waals surface area (Å²) in [6, 6.07) is 9.02. The molecule has 1 heterocycles. The quantitative estimate of drug-likeness (QED) is 0.398. The van der Waals surface area contributed by atoms with E-state index in [1.807, 2.05) is 0 Å². The van der Waals surface area contributed by atoms with E-state index in [1.54, 1.807) is 24.4 Å². The summed E-state index contributed by atoms with van der Waals surface area (Å²) in [5, 5.41) is 3.78. The molecule has 2 aliphatic rings. The lowest BCUT2D eigenvalue weighted by Crippen LogP contribution is -2.32. The number of halogens is 3. The number of aryl methyl sites for hydroxylation is 1. The largest absolute Gasteiger partial charge is 0.416 e. The smallest absolute Gasteiger partial charge is 0.352 e. The maximum Gasteiger partial charge on any atom is 0.416 e. The van der Waals surface area contributed by atoms with Gasteiger partial charge in [0.1, 0.15) is 5.03 Å². The molecule has 2 aromatic rings. The Labute approximate surface area is 185 Å². The van der Waals surface area contributed by atoms with Crippen LogP contribution in [-0.4, -0.2) is 23.2 Å². The molecule has 3 unspecified atom stereocenters. The van der Waals surface area contributed by atoms with Gasteiger partial charge in [-0.15, -0.1) is 11.8 Å². The number of benzene rings is 1. The van der Waals surface area contributed by atoms with Crippen LogP contribution < -0.4 is 5.32 Å². The van der Waals surface area contributed by atoms with E-state index in [1.165, 1.54) is 49.6 Å². The maximum absolute atomic E-state index is 12.9. The number of carbonyl (C=O) groups is 1. The highest BCUT2D eigenvalue weighted by Gasteiger charge is 2.39. The number of alkyl halides is 3. The molecule has 0 spiro atoms. The second-order valence-electron chi connectivity index (χ2n) is 8.65. The zero-order chi connectivity index (χ0) is 21.8. The zero-order valence-electron chi connectivity index (χ0n) is 17.3.